The molecule has 0 saturated carbocycles. The molecule has 2 N–H and O–H groups in total. The monoisotopic (exact) mass is 289 g/mol. The number of amides is 3. The van der Waals surface area contributed by atoms with Gasteiger partial charge in [0.2, 0.25) is 5.91 Å². The molecule has 1 heterocycles. The number of nitrogens with zero attached hydrogens (tertiary/aromatic N) is 1. The van der Waals surface area contributed by atoms with Gasteiger partial charge in [-0.05, 0) is 36.5 Å². The van der Waals surface area contributed by atoms with Crippen molar-refractivity contribution in [2.24, 2.45) is 11.8 Å². The lowest BCUT2D eigenvalue weighted by Crippen LogP contribution is -2.44. The molecule has 5 heteroatoms. The van der Waals surface area contributed by atoms with Gasteiger partial charge in [0.05, 0.1) is 0 Å². The molecular weight excluding hydrogens is 266 g/mol. The molecule has 114 valence electrons. The molecule has 3 amide bonds. The number of nitrogens with one attached hydrogen (secondary N) is 2. The Morgan fingerprint density at radius 1 is 1.10 bits per heavy atom. The van der Waals surface area contributed by atoms with Crippen LogP contribution < -0.4 is 10.6 Å². The summed E-state index contributed by atoms with van der Waals surface area (Å²) in [7, 11) is 0. The van der Waals surface area contributed by atoms with E-state index < -0.39 is 0 Å². The van der Waals surface area contributed by atoms with E-state index in [0.717, 1.165) is 13.1 Å². The Morgan fingerprint density at radius 3 is 2.24 bits per heavy atom. The minimum Gasteiger partial charge on any atom is -0.326 e. The van der Waals surface area contributed by atoms with Gasteiger partial charge in [0.1, 0.15) is 0 Å². The molecule has 0 aliphatic carbocycles. The molecule has 2 atom stereocenters. The summed E-state index contributed by atoms with van der Waals surface area (Å²) in [6, 6.07) is 7.11. The molecule has 2 rings (SSSR count). The second kappa shape index (κ2) is 6.61. The number of rotatable bonds is 2. The van der Waals surface area contributed by atoms with Crippen LogP contribution in [0.25, 0.3) is 0 Å². The van der Waals surface area contributed by atoms with Crippen LogP contribution in [0, 0.1) is 11.8 Å². The molecular formula is C16H23N3O2. The maximum Gasteiger partial charge on any atom is 0.321 e. The fourth-order valence-corrected chi connectivity index (χ4v) is 2.91. The predicted octanol–water partition coefficient (Wildman–Crippen LogP) is 3.15. The van der Waals surface area contributed by atoms with Gasteiger partial charge in [0.15, 0.2) is 0 Å². The van der Waals surface area contributed by atoms with Gasteiger partial charge in [-0.3, -0.25) is 4.79 Å². The molecule has 0 aromatic heterocycles. The molecule has 1 aromatic carbocycles. The average Bonchev–Trinajstić information content (AvgIpc) is 2.37. The fraction of sp³-hybridized carbons (Fsp3) is 0.500. The Balaban J connectivity index is 2.00. The lowest BCUT2D eigenvalue weighted by molar-refractivity contribution is -0.114. The summed E-state index contributed by atoms with van der Waals surface area (Å²) < 4.78 is 0. The average molecular weight is 289 g/mol. The Kier molecular flexibility index (Phi) is 4.83. The van der Waals surface area contributed by atoms with E-state index in [1.807, 2.05) is 17.0 Å². The van der Waals surface area contributed by atoms with E-state index in [9.17, 15) is 9.59 Å². The number of anilines is 2. The molecule has 0 bridgehead atoms. The fourth-order valence-electron chi connectivity index (χ4n) is 2.91. The summed E-state index contributed by atoms with van der Waals surface area (Å²) >= 11 is 0. The standard InChI is InChI=1S/C16H23N3O2/c1-11-7-12(2)10-19(9-11)16(21)18-15-6-4-5-14(8-15)17-13(3)20/h4-6,8,11-12H,7,9-10H2,1-3H3,(H,17,20)(H,18,21)/t11-,12+. The quantitative estimate of drug-likeness (QED) is 0.878. The van der Waals surface area contributed by atoms with Crippen molar-refractivity contribution in [2.45, 2.75) is 27.2 Å². The van der Waals surface area contributed by atoms with Gasteiger partial charge in [-0.1, -0.05) is 19.9 Å². The summed E-state index contributed by atoms with van der Waals surface area (Å²) in [5.41, 5.74) is 1.37. The molecule has 0 spiro atoms. The number of urea groups is 1. The van der Waals surface area contributed by atoms with Crippen LogP contribution in [0.4, 0.5) is 16.2 Å². The highest BCUT2D eigenvalue weighted by Crippen LogP contribution is 2.22. The number of carbonyl (C=O) groups is 2. The van der Waals surface area contributed by atoms with Crippen molar-refractivity contribution < 1.29 is 9.59 Å². The summed E-state index contributed by atoms with van der Waals surface area (Å²) in [4.78, 5) is 25.2. The Labute approximate surface area is 125 Å². The lowest BCUT2D eigenvalue weighted by Gasteiger charge is -2.34. The largest absolute Gasteiger partial charge is 0.326 e. The van der Waals surface area contributed by atoms with Crippen LogP contribution >= 0.6 is 0 Å². The number of benzene rings is 1. The van der Waals surface area contributed by atoms with Gasteiger partial charge in [0, 0.05) is 31.4 Å². The van der Waals surface area contributed by atoms with E-state index in [1.165, 1.54) is 13.3 Å². The van der Waals surface area contributed by atoms with Gasteiger partial charge in [-0.25, -0.2) is 4.79 Å². The van der Waals surface area contributed by atoms with Crippen molar-refractivity contribution >= 4 is 23.3 Å². The van der Waals surface area contributed by atoms with Gasteiger partial charge < -0.3 is 15.5 Å². The highest BCUT2D eigenvalue weighted by atomic mass is 16.2. The van der Waals surface area contributed by atoms with Gasteiger partial charge in [-0.2, -0.15) is 0 Å². The van der Waals surface area contributed by atoms with E-state index in [-0.39, 0.29) is 11.9 Å². The summed E-state index contributed by atoms with van der Waals surface area (Å²) in [5, 5.41) is 5.61. The minimum atomic E-state index is -0.128. The first-order valence-electron chi connectivity index (χ1n) is 7.37. The Bertz CT molecular complexity index is 520. The summed E-state index contributed by atoms with van der Waals surface area (Å²) in [6.07, 6.45) is 1.17. The van der Waals surface area contributed by atoms with Crippen molar-refractivity contribution in [2.75, 3.05) is 23.7 Å². The van der Waals surface area contributed by atoms with Crippen LogP contribution in [0.1, 0.15) is 27.2 Å². The molecule has 1 fully saturated rings. The highest BCUT2D eigenvalue weighted by molar-refractivity contribution is 5.92. The third kappa shape index (κ3) is 4.48. The molecule has 21 heavy (non-hydrogen) atoms. The zero-order valence-corrected chi connectivity index (χ0v) is 12.8. The first-order chi connectivity index (χ1) is 9.94. The van der Waals surface area contributed by atoms with Crippen LogP contribution in [-0.2, 0) is 4.79 Å². The van der Waals surface area contributed by atoms with E-state index >= 15 is 0 Å². The first kappa shape index (κ1) is 15.4. The molecule has 1 aromatic rings. The van der Waals surface area contributed by atoms with E-state index in [1.54, 1.807) is 12.1 Å². The van der Waals surface area contributed by atoms with E-state index in [0.29, 0.717) is 23.2 Å². The third-order valence-electron chi connectivity index (χ3n) is 3.59. The van der Waals surface area contributed by atoms with Crippen LogP contribution in [-0.4, -0.2) is 29.9 Å². The second-order valence-corrected chi connectivity index (χ2v) is 6.04. The lowest BCUT2D eigenvalue weighted by atomic mass is 9.92. The second-order valence-electron chi connectivity index (χ2n) is 6.04. The first-order valence-corrected chi connectivity index (χ1v) is 7.37. The minimum absolute atomic E-state index is 0.0756. The highest BCUT2D eigenvalue weighted by Gasteiger charge is 2.25. The van der Waals surface area contributed by atoms with Crippen LogP contribution in [0.5, 0.6) is 0 Å². The Morgan fingerprint density at radius 2 is 1.67 bits per heavy atom. The SMILES string of the molecule is CC(=O)Nc1cccc(NC(=O)N2C[C@H](C)C[C@H](C)C2)c1. The maximum atomic E-state index is 12.3. The number of hydrogen-bond acceptors (Lipinski definition) is 2. The van der Waals surface area contributed by atoms with Crippen molar-refractivity contribution in [3.63, 3.8) is 0 Å². The smallest absolute Gasteiger partial charge is 0.321 e. The zero-order valence-electron chi connectivity index (χ0n) is 12.8. The van der Waals surface area contributed by atoms with Crippen molar-refractivity contribution in [3.05, 3.63) is 24.3 Å². The maximum absolute atomic E-state index is 12.3. The normalized spacial score (nSPS) is 21.8. The van der Waals surface area contributed by atoms with Crippen LogP contribution in [0.3, 0.4) is 0 Å². The van der Waals surface area contributed by atoms with Crippen LogP contribution in [0.2, 0.25) is 0 Å². The van der Waals surface area contributed by atoms with E-state index in [4.69, 9.17) is 0 Å². The van der Waals surface area contributed by atoms with Gasteiger partial charge in [0.25, 0.3) is 0 Å². The molecule has 1 saturated heterocycles. The molecule has 1 aliphatic heterocycles. The van der Waals surface area contributed by atoms with Crippen molar-refractivity contribution in [1.82, 2.24) is 4.90 Å². The Hall–Kier alpha value is -2.04. The topological polar surface area (TPSA) is 61.4 Å². The van der Waals surface area contributed by atoms with Crippen LogP contribution in [0.15, 0.2) is 24.3 Å². The number of hydrogen-bond donors (Lipinski definition) is 2. The third-order valence-corrected chi connectivity index (χ3v) is 3.59. The van der Waals surface area contributed by atoms with Crippen molar-refractivity contribution in [3.8, 4) is 0 Å². The molecule has 0 unspecified atom stereocenters. The van der Waals surface area contributed by atoms with Gasteiger partial charge >= 0.3 is 6.03 Å². The molecule has 5 nitrogen and oxygen atoms in total. The summed E-state index contributed by atoms with van der Waals surface area (Å²) in [5.74, 6) is 0.938. The van der Waals surface area contributed by atoms with E-state index in [2.05, 4.69) is 24.5 Å². The molecule has 1 aliphatic rings. The zero-order chi connectivity index (χ0) is 15.4. The number of likely N-dealkylation sites (tertiary alicyclic amines) is 1. The summed E-state index contributed by atoms with van der Waals surface area (Å²) in [6.45, 7) is 7.39. The molecule has 0 radical (unpaired) electrons. The number of piperidine rings is 1. The predicted molar refractivity (Wildman–Crippen MR) is 84.3 cm³/mol. The van der Waals surface area contributed by atoms with Crippen molar-refractivity contribution in [1.29, 1.82) is 0 Å². The number of carbonyl (C=O) groups excluding carboxylic acids is 2. The van der Waals surface area contributed by atoms with Gasteiger partial charge in [-0.15, -0.1) is 0 Å².